The molecule has 0 N–H and O–H groups in total. The van der Waals surface area contributed by atoms with Gasteiger partial charge in [0, 0.05) is 41.0 Å². The fourth-order valence-corrected chi connectivity index (χ4v) is 7.10. The minimum atomic E-state index is -0.658. The van der Waals surface area contributed by atoms with Crippen molar-refractivity contribution in [3.05, 3.63) is 229 Å². The molecule has 8 nitrogen and oxygen atoms in total. The molecule has 0 saturated carbocycles. The van der Waals surface area contributed by atoms with Crippen molar-refractivity contribution in [2.24, 2.45) is 0 Å². The van der Waals surface area contributed by atoms with Gasteiger partial charge in [0.1, 0.15) is 23.0 Å². The molecule has 0 bridgehead atoms. The van der Waals surface area contributed by atoms with E-state index in [0.29, 0.717) is 5.75 Å². The molecule has 8 heteroatoms. The standard InChI is InChI=1S/C55H44N2O6/c1-40(58)61-39-55(59)63-53-32-22-43(23-33-53)54(42-20-30-50(60-2)31-21-42)38-41-18-24-47(25-19-41)57(46-16-10-5-11-17-46)49-28-36-52(37-29-49)62-51-34-26-48(27-35-51)56(44-12-6-3-7-13-44)45-14-8-4-9-15-45/h3-38H,39H2,1-2H3. The Kier molecular flexibility index (Phi) is 13.0. The van der Waals surface area contributed by atoms with Gasteiger partial charge in [0.2, 0.25) is 0 Å². The lowest BCUT2D eigenvalue weighted by atomic mass is 9.95. The van der Waals surface area contributed by atoms with Crippen molar-refractivity contribution in [1.29, 1.82) is 0 Å². The van der Waals surface area contributed by atoms with E-state index < -0.39 is 18.5 Å². The van der Waals surface area contributed by atoms with Gasteiger partial charge in [0.05, 0.1) is 7.11 Å². The molecule has 0 aliphatic rings. The van der Waals surface area contributed by atoms with E-state index in [1.54, 1.807) is 19.2 Å². The molecule has 8 aromatic carbocycles. The average Bonchev–Trinajstić information content (AvgIpc) is 3.33. The lowest BCUT2D eigenvalue weighted by molar-refractivity contribution is -0.152. The van der Waals surface area contributed by atoms with Crippen LogP contribution in [0, 0.1) is 0 Å². The summed E-state index contributed by atoms with van der Waals surface area (Å²) in [4.78, 5) is 27.7. The van der Waals surface area contributed by atoms with Crippen molar-refractivity contribution in [2.45, 2.75) is 6.92 Å². The van der Waals surface area contributed by atoms with E-state index in [4.69, 9.17) is 18.9 Å². The third kappa shape index (κ3) is 10.5. The van der Waals surface area contributed by atoms with Crippen molar-refractivity contribution in [1.82, 2.24) is 0 Å². The van der Waals surface area contributed by atoms with Crippen LogP contribution in [0.1, 0.15) is 23.6 Å². The Morgan fingerprint density at radius 3 is 1.21 bits per heavy atom. The molecule has 310 valence electrons. The Bertz CT molecular complexity index is 2720. The topological polar surface area (TPSA) is 77.5 Å². The number of carbonyl (C=O) groups excluding carboxylic acids is 2. The first-order valence-electron chi connectivity index (χ1n) is 20.4. The predicted molar refractivity (Wildman–Crippen MR) is 251 cm³/mol. The summed E-state index contributed by atoms with van der Waals surface area (Å²) in [5, 5.41) is 0. The molecular weight excluding hydrogens is 785 g/mol. The third-order valence-electron chi connectivity index (χ3n) is 10.1. The second kappa shape index (κ2) is 19.8. The van der Waals surface area contributed by atoms with E-state index in [1.807, 2.05) is 115 Å². The van der Waals surface area contributed by atoms with Crippen molar-refractivity contribution in [2.75, 3.05) is 23.5 Å². The summed E-state index contributed by atoms with van der Waals surface area (Å²) in [6.07, 6.45) is 2.12. The lowest BCUT2D eigenvalue weighted by Crippen LogP contribution is -2.17. The van der Waals surface area contributed by atoms with Gasteiger partial charge in [-0.25, -0.2) is 4.79 Å². The monoisotopic (exact) mass is 828 g/mol. The molecule has 0 aliphatic heterocycles. The number of benzene rings is 8. The van der Waals surface area contributed by atoms with Gasteiger partial charge in [0.25, 0.3) is 0 Å². The van der Waals surface area contributed by atoms with Crippen LogP contribution in [0.5, 0.6) is 23.0 Å². The molecule has 0 aliphatic carbocycles. The largest absolute Gasteiger partial charge is 0.497 e. The summed E-state index contributed by atoms with van der Waals surface area (Å²) in [5.41, 5.74) is 9.97. The first-order valence-corrected chi connectivity index (χ1v) is 20.4. The first kappa shape index (κ1) is 41.4. The number of hydrogen-bond donors (Lipinski definition) is 0. The summed E-state index contributed by atoms with van der Waals surface area (Å²) >= 11 is 0. The Balaban J connectivity index is 1.03. The van der Waals surface area contributed by atoms with Crippen LogP contribution in [0.25, 0.3) is 11.6 Å². The molecule has 0 spiro atoms. The predicted octanol–water partition coefficient (Wildman–Crippen LogP) is 13.5. The van der Waals surface area contributed by atoms with E-state index in [0.717, 1.165) is 73.6 Å². The molecule has 0 radical (unpaired) electrons. The molecular formula is C55H44N2O6. The SMILES string of the molecule is COc1ccc(C(=Cc2ccc(N(c3ccccc3)c3ccc(Oc4ccc(N(c5ccccc5)c5ccccc5)cc4)cc3)cc2)c2ccc(OC(=O)COC(C)=O)cc2)cc1. The molecule has 0 saturated heterocycles. The summed E-state index contributed by atoms with van der Waals surface area (Å²) < 4.78 is 21.9. The summed E-state index contributed by atoms with van der Waals surface area (Å²) in [6.45, 7) is 0.789. The van der Waals surface area contributed by atoms with Gasteiger partial charge >= 0.3 is 11.9 Å². The second-order valence-corrected chi connectivity index (χ2v) is 14.4. The van der Waals surface area contributed by atoms with Crippen molar-refractivity contribution >= 4 is 57.7 Å². The minimum Gasteiger partial charge on any atom is -0.497 e. The number of rotatable bonds is 15. The van der Waals surface area contributed by atoms with E-state index in [2.05, 4.69) is 101 Å². The summed E-state index contributed by atoms with van der Waals surface area (Å²) in [7, 11) is 1.64. The van der Waals surface area contributed by atoms with Gasteiger partial charge in [-0.3, -0.25) is 4.79 Å². The molecule has 0 aromatic heterocycles. The molecule has 8 aromatic rings. The van der Waals surface area contributed by atoms with Gasteiger partial charge in [-0.1, -0.05) is 91.0 Å². The van der Waals surface area contributed by atoms with Gasteiger partial charge in [0.15, 0.2) is 6.61 Å². The first-order chi connectivity index (χ1) is 30.9. The highest BCUT2D eigenvalue weighted by Gasteiger charge is 2.16. The van der Waals surface area contributed by atoms with Crippen LogP contribution in [0.3, 0.4) is 0 Å². The number of para-hydroxylation sites is 3. The van der Waals surface area contributed by atoms with Crippen molar-refractivity contribution in [3.63, 3.8) is 0 Å². The van der Waals surface area contributed by atoms with Gasteiger partial charge in [-0.2, -0.15) is 0 Å². The third-order valence-corrected chi connectivity index (χ3v) is 10.1. The van der Waals surface area contributed by atoms with E-state index in [9.17, 15) is 9.59 Å². The fourth-order valence-electron chi connectivity index (χ4n) is 7.10. The Morgan fingerprint density at radius 1 is 0.444 bits per heavy atom. The molecule has 0 atom stereocenters. The Labute approximate surface area is 367 Å². The van der Waals surface area contributed by atoms with Gasteiger partial charge in [-0.05, 0) is 150 Å². The van der Waals surface area contributed by atoms with E-state index >= 15 is 0 Å². The minimum absolute atomic E-state index is 0.346. The number of anilines is 6. The zero-order chi connectivity index (χ0) is 43.4. The number of ether oxygens (including phenoxy) is 4. The zero-order valence-electron chi connectivity index (χ0n) is 34.8. The number of carbonyl (C=O) groups is 2. The van der Waals surface area contributed by atoms with Crippen LogP contribution < -0.4 is 24.0 Å². The maximum atomic E-state index is 12.2. The lowest BCUT2D eigenvalue weighted by Gasteiger charge is -2.26. The number of methoxy groups -OCH3 is 1. The molecule has 0 amide bonds. The highest BCUT2D eigenvalue weighted by atomic mass is 16.6. The van der Waals surface area contributed by atoms with Crippen LogP contribution in [-0.4, -0.2) is 25.7 Å². The smallest absolute Gasteiger partial charge is 0.349 e. The highest BCUT2D eigenvalue weighted by molar-refractivity contribution is 5.92. The highest BCUT2D eigenvalue weighted by Crippen LogP contribution is 2.38. The average molecular weight is 829 g/mol. The van der Waals surface area contributed by atoms with E-state index in [-0.39, 0.29) is 0 Å². The van der Waals surface area contributed by atoms with E-state index in [1.165, 1.54) is 6.92 Å². The number of esters is 2. The normalized spacial score (nSPS) is 11.0. The second-order valence-electron chi connectivity index (χ2n) is 14.4. The molecule has 0 heterocycles. The van der Waals surface area contributed by atoms with Crippen molar-refractivity contribution in [3.8, 4) is 23.0 Å². The van der Waals surface area contributed by atoms with Crippen LogP contribution in [0.4, 0.5) is 34.1 Å². The molecule has 0 fully saturated rings. The van der Waals surface area contributed by atoms with Crippen molar-refractivity contribution < 1.29 is 28.5 Å². The zero-order valence-corrected chi connectivity index (χ0v) is 34.8. The summed E-state index contributed by atoms with van der Waals surface area (Å²) in [6, 6.07) is 70.7. The molecule has 0 unspecified atom stereocenters. The van der Waals surface area contributed by atoms with Gasteiger partial charge < -0.3 is 28.7 Å². The Morgan fingerprint density at radius 2 is 0.810 bits per heavy atom. The number of nitrogens with zero attached hydrogens (tertiary/aromatic N) is 2. The molecule has 8 rings (SSSR count). The quantitative estimate of drug-likeness (QED) is 0.0574. The summed E-state index contributed by atoms with van der Waals surface area (Å²) in [5.74, 6) is 1.35. The maximum absolute atomic E-state index is 12.2. The maximum Gasteiger partial charge on any atom is 0.349 e. The van der Waals surface area contributed by atoms with Crippen LogP contribution in [0.2, 0.25) is 0 Å². The van der Waals surface area contributed by atoms with Crippen LogP contribution >= 0.6 is 0 Å². The van der Waals surface area contributed by atoms with Crippen LogP contribution in [-0.2, 0) is 14.3 Å². The fraction of sp³-hybridized carbons (Fsp3) is 0.0545. The van der Waals surface area contributed by atoms with Gasteiger partial charge in [-0.15, -0.1) is 0 Å². The Hall–Kier alpha value is -8.36. The number of hydrogen-bond acceptors (Lipinski definition) is 8. The molecule has 63 heavy (non-hydrogen) atoms. The van der Waals surface area contributed by atoms with Crippen LogP contribution in [0.15, 0.2) is 212 Å².